The van der Waals surface area contributed by atoms with Crippen LogP contribution in [0.4, 0.5) is 5.69 Å². The Morgan fingerprint density at radius 1 is 1.04 bits per heavy atom. The van der Waals surface area contributed by atoms with Gasteiger partial charge in [0.25, 0.3) is 0 Å². The van der Waals surface area contributed by atoms with Gasteiger partial charge >= 0.3 is 0 Å². The summed E-state index contributed by atoms with van der Waals surface area (Å²) in [5.41, 5.74) is 1.29. The molecule has 0 bridgehead atoms. The van der Waals surface area contributed by atoms with Gasteiger partial charge in [0.15, 0.2) is 0 Å². The second-order valence-electron chi connectivity index (χ2n) is 6.84. The summed E-state index contributed by atoms with van der Waals surface area (Å²) < 4.78 is 0. The highest BCUT2D eigenvalue weighted by atomic mass is 35.5. The lowest BCUT2D eigenvalue weighted by Gasteiger charge is -2.58. The maximum atomic E-state index is 13.1. The molecule has 2 aromatic carbocycles. The SMILES string of the molecule is O=C1N(c2ccccc2O)C(c2cccc(Cl)c2)C12CCCCC2. The van der Waals surface area contributed by atoms with E-state index in [1.54, 1.807) is 23.1 Å². The van der Waals surface area contributed by atoms with Gasteiger partial charge in [-0.3, -0.25) is 9.69 Å². The molecule has 1 aliphatic heterocycles. The molecule has 24 heavy (non-hydrogen) atoms. The first-order valence-corrected chi connectivity index (χ1v) is 8.88. The van der Waals surface area contributed by atoms with Crippen LogP contribution in [0.1, 0.15) is 43.7 Å². The van der Waals surface area contributed by atoms with Crippen LogP contribution in [0.25, 0.3) is 0 Å². The van der Waals surface area contributed by atoms with E-state index in [2.05, 4.69) is 0 Å². The molecule has 4 heteroatoms. The normalized spacial score (nSPS) is 22.5. The number of aromatic hydroxyl groups is 1. The van der Waals surface area contributed by atoms with Gasteiger partial charge in [0, 0.05) is 5.02 Å². The number of rotatable bonds is 2. The molecule has 2 fully saturated rings. The van der Waals surface area contributed by atoms with Crippen LogP contribution in [0.5, 0.6) is 5.75 Å². The van der Waals surface area contributed by atoms with Crippen LogP contribution in [0.3, 0.4) is 0 Å². The lowest BCUT2D eigenvalue weighted by molar-refractivity contribution is -0.143. The Kier molecular flexibility index (Phi) is 3.76. The first-order chi connectivity index (χ1) is 11.6. The van der Waals surface area contributed by atoms with Crippen molar-refractivity contribution >= 4 is 23.2 Å². The molecule has 1 saturated carbocycles. The molecular weight excluding hydrogens is 322 g/mol. The molecule has 2 aliphatic rings. The number of hydrogen-bond donors (Lipinski definition) is 1. The number of para-hydroxylation sites is 2. The largest absolute Gasteiger partial charge is 0.506 e. The molecule has 1 amide bonds. The van der Waals surface area contributed by atoms with Crippen LogP contribution in [0, 0.1) is 5.41 Å². The molecular formula is C20H20ClNO2. The molecule has 1 spiro atoms. The molecule has 1 heterocycles. The summed E-state index contributed by atoms with van der Waals surface area (Å²) in [6.07, 6.45) is 5.17. The van der Waals surface area contributed by atoms with E-state index in [-0.39, 0.29) is 23.1 Å². The maximum Gasteiger partial charge on any atom is 0.236 e. The monoisotopic (exact) mass is 341 g/mol. The third kappa shape index (κ3) is 2.22. The van der Waals surface area contributed by atoms with Crippen LogP contribution < -0.4 is 4.90 Å². The van der Waals surface area contributed by atoms with E-state index in [0.29, 0.717) is 10.7 Å². The molecule has 3 nitrogen and oxygen atoms in total. The molecule has 4 rings (SSSR count). The second-order valence-corrected chi connectivity index (χ2v) is 7.27. The van der Waals surface area contributed by atoms with E-state index >= 15 is 0 Å². The van der Waals surface area contributed by atoms with Crippen LogP contribution in [0.2, 0.25) is 5.02 Å². The summed E-state index contributed by atoms with van der Waals surface area (Å²) in [6, 6.07) is 14.8. The van der Waals surface area contributed by atoms with Crippen LogP contribution in [-0.2, 0) is 4.79 Å². The van der Waals surface area contributed by atoms with Gasteiger partial charge in [-0.1, -0.05) is 55.1 Å². The molecule has 1 N–H and O–H groups in total. The number of halogens is 1. The topological polar surface area (TPSA) is 40.5 Å². The number of carbonyl (C=O) groups is 1. The zero-order valence-corrected chi connectivity index (χ0v) is 14.2. The van der Waals surface area contributed by atoms with Gasteiger partial charge < -0.3 is 5.11 Å². The van der Waals surface area contributed by atoms with Gasteiger partial charge in [-0.05, 0) is 42.7 Å². The quantitative estimate of drug-likeness (QED) is 0.773. The minimum absolute atomic E-state index is 0.0581. The zero-order chi connectivity index (χ0) is 16.7. The molecule has 0 aromatic heterocycles. The van der Waals surface area contributed by atoms with E-state index in [1.807, 2.05) is 30.3 Å². The van der Waals surface area contributed by atoms with Crippen molar-refractivity contribution in [3.63, 3.8) is 0 Å². The number of hydrogen-bond acceptors (Lipinski definition) is 2. The van der Waals surface area contributed by atoms with Crippen LogP contribution in [-0.4, -0.2) is 11.0 Å². The Labute approximate surface area is 146 Å². The predicted molar refractivity (Wildman–Crippen MR) is 95.3 cm³/mol. The van der Waals surface area contributed by atoms with Crippen molar-refractivity contribution in [1.29, 1.82) is 0 Å². The van der Waals surface area contributed by atoms with Gasteiger partial charge in [0.2, 0.25) is 5.91 Å². The van der Waals surface area contributed by atoms with Gasteiger partial charge in [0.05, 0.1) is 17.1 Å². The smallest absolute Gasteiger partial charge is 0.236 e. The first-order valence-electron chi connectivity index (χ1n) is 8.51. The Bertz CT molecular complexity index is 783. The molecule has 124 valence electrons. The van der Waals surface area contributed by atoms with Crippen molar-refractivity contribution in [2.24, 2.45) is 5.41 Å². The number of benzene rings is 2. The number of carbonyl (C=O) groups excluding carboxylic acids is 1. The first kappa shape index (κ1) is 15.5. The zero-order valence-electron chi connectivity index (χ0n) is 13.4. The van der Waals surface area contributed by atoms with Crippen LogP contribution >= 0.6 is 11.6 Å². The summed E-state index contributed by atoms with van der Waals surface area (Å²) in [5.74, 6) is 0.275. The fourth-order valence-corrected chi connectivity index (χ4v) is 4.58. The van der Waals surface area contributed by atoms with Crippen molar-refractivity contribution in [2.45, 2.75) is 38.1 Å². The number of β-lactam (4-membered cyclic amide) rings is 1. The Balaban J connectivity index is 1.82. The van der Waals surface area contributed by atoms with Crippen molar-refractivity contribution < 1.29 is 9.90 Å². The van der Waals surface area contributed by atoms with Crippen molar-refractivity contribution in [1.82, 2.24) is 0 Å². The highest BCUT2D eigenvalue weighted by Crippen LogP contribution is 2.60. The molecule has 2 aromatic rings. The predicted octanol–water partition coefficient (Wildman–Crippen LogP) is 5.08. The molecule has 1 saturated heterocycles. The summed E-state index contributed by atoms with van der Waals surface area (Å²) >= 11 is 6.21. The standard InChI is InChI=1S/C20H20ClNO2/c21-15-8-6-7-14(13-15)18-20(11-4-1-5-12-20)19(24)22(18)16-9-2-3-10-17(16)23/h2-3,6-10,13,18,23H,1,4-5,11-12H2. The van der Waals surface area contributed by atoms with Crippen molar-refractivity contribution in [3.05, 3.63) is 59.1 Å². The van der Waals surface area contributed by atoms with Gasteiger partial charge in [-0.2, -0.15) is 0 Å². The summed E-state index contributed by atoms with van der Waals surface area (Å²) in [4.78, 5) is 14.9. The van der Waals surface area contributed by atoms with Crippen molar-refractivity contribution in [3.8, 4) is 5.75 Å². The number of anilines is 1. The van der Waals surface area contributed by atoms with E-state index in [1.165, 1.54) is 6.42 Å². The average molecular weight is 342 g/mol. The summed E-state index contributed by atoms with van der Waals surface area (Å²) in [5, 5.41) is 10.9. The summed E-state index contributed by atoms with van der Waals surface area (Å²) in [7, 11) is 0. The minimum Gasteiger partial charge on any atom is -0.506 e. The summed E-state index contributed by atoms with van der Waals surface area (Å²) in [6.45, 7) is 0. The third-order valence-corrected chi connectivity index (χ3v) is 5.71. The fraction of sp³-hybridized carbons (Fsp3) is 0.350. The number of phenols is 1. The molecule has 0 radical (unpaired) electrons. The number of phenolic OH excluding ortho intramolecular Hbond substituents is 1. The minimum atomic E-state index is -0.342. The number of amides is 1. The van der Waals surface area contributed by atoms with E-state index in [0.717, 1.165) is 31.2 Å². The average Bonchev–Trinajstić information content (AvgIpc) is 2.60. The van der Waals surface area contributed by atoms with Crippen molar-refractivity contribution in [2.75, 3.05) is 4.90 Å². The lowest BCUT2D eigenvalue weighted by Crippen LogP contribution is -2.64. The van der Waals surface area contributed by atoms with Gasteiger partial charge in [-0.25, -0.2) is 0 Å². The lowest BCUT2D eigenvalue weighted by atomic mass is 9.60. The second kappa shape index (κ2) is 5.82. The van der Waals surface area contributed by atoms with Gasteiger partial charge in [-0.15, -0.1) is 0 Å². The Morgan fingerprint density at radius 2 is 1.79 bits per heavy atom. The highest BCUT2D eigenvalue weighted by molar-refractivity contribution is 6.30. The Morgan fingerprint density at radius 3 is 2.50 bits per heavy atom. The fourth-order valence-electron chi connectivity index (χ4n) is 4.39. The number of nitrogens with zero attached hydrogens (tertiary/aromatic N) is 1. The Hall–Kier alpha value is -2.00. The van der Waals surface area contributed by atoms with E-state index in [9.17, 15) is 9.90 Å². The van der Waals surface area contributed by atoms with Crippen LogP contribution in [0.15, 0.2) is 48.5 Å². The third-order valence-electron chi connectivity index (χ3n) is 5.48. The van der Waals surface area contributed by atoms with E-state index in [4.69, 9.17) is 11.6 Å². The highest BCUT2D eigenvalue weighted by Gasteiger charge is 2.61. The molecule has 1 unspecified atom stereocenters. The van der Waals surface area contributed by atoms with Gasteiger partial charge in [0.1, 0.15) is 5.75 Å². The van der Waals surface area contributed by atoms with E-state index < -0.39 is 0 Å². The molecule has 1 aliphatic carbocycles. The maximum absolute atomic E-state index is 13.1. The molecule has 1 atom stereocenters.